The fourth-order valence-corrected chi connectivity index (χ4v) is 5.05. The minimum Gasteiger partial charge on any atom is -0.309 e. The van der Waals surface area contributed by atoms with Crippen molar-refractivity contribution in [1.29, 1.82) is 0 Å². The van der Waals surface area contributed by atoms with Gasteiger partial charge in [0.05, 0.1) is 10.2 Å². The Morgan fingerprint density at radius 1 is 1.10 bits per heavy atom. The van der Waals surface area contributed by atoms with E-state index in [2.05, 4.69) is 24.0 Å². The van der Waals surface area contributed by atoms with E-state index >= 15 is 0 Å². The maximum atomic E-state index is 13.0. The van der Waals surface area contributed by atoms with E-state index in [4.69, 9.17) is 4.98 Å². The van der Waals surface area contributed by atoms with Crippen molar-refractivity contribution in [3.05, 3.63) is 53.8 Å². The Bertz CT molecular complexity index is 979. The van der Waals surface area contributed by atoms with Gasteiger partial charge in [0.15, 0.2) is 5.13 Å². The number of halogens is 2. The molecule has 1 heterocycles. The fraction of sp³-hybridized carbons (Fsp3) is 0.391. The summed E-state index contributed by atoms with van der Waals surface area (Å²) in [6.45, 7) is 3.66. The topological polar surface area (TPSA) is 36.4 Å². The van der Waals surface area contributed by atoms with Gasteiger partial charge in [-0.25, -0.2) is 9.37 Å². The highest BCUT2D eigenvalue weighted by molar-refractivity contribution is 7.99. The van der Waals surface area contributed by atoms with Gasteiger partial charge in [-0.05, 0) is 88.1 Å². The number of rotatable bonds is 10. The van der Waals surface area contributed by atoms with E-state index in [1.54, 1.807) is 35.2 Å². The van der Waals surface area contributed by atoms with E-state index in [0.717, 1.165) is 45.4 Å². The normalized spacial score (nSPS) is 11.0. The lowest BCUT2D eigenvalue weighted by Gasteiger charge is -2.21. The first-order chi connectivity index (χ1) is 14.4. The molecule has 0 aliphatic carbocycles. The number of fused-ring (bicyclic) bond motifs is 1. The van der Waals surface area contributed by atoms with E-state index in [0.29, 0.717) is 13.0 Å². The van der Waals surface area contributed by atoms with Crippen LogP contribution in [-0.4, -0.2) is 48.7 Å². The third-order valence-corrected chi connectivity index (χ3v) is 6.81. The lowest BCUT2D eigenvalue weighted by Crippen LogP contribution is -2.33. The van der Waals surface area contributed by atoms with Crippen LogP contribution in [0, 0.1) is 12.7 Å². The van der Waals surface area contributed by atoms with Gasteiger partial charge in [-0.15, -0.1) is 24.2 Å². The van der Waals surface area contributed by atoms with Crippen LogP contribution in [-0.2, 0) is 4.79 Å². The van der Waals surface area contributed by atoms with Gasteiger partial charge in [0.2, 0.25) is 5.91 Å². The highest BCUT2D eigenvalue weighted by Gasteiger charge is 2.19. The van der Waals surface area contributed by atoms with Crippen LogP contribution in [0.1, 0.15) is 24.8 Å². The second-order valence-electron chi connectivity index (χ2n) is 7.58. The van der Waals surface area contributed by atoms with Crippen molar-refractivity contribution in [2.24, 2.45) is 0 Å². The van der Waals surface area contributed by atoms with Crippen molar-refractivity contribution in [3.63, 3.8) is 0 Å². The van der Waals surface area contributed by atoms with Crippen LogP contribution in [0.3, 0.4) is 0 Å². The smallest absolute Gasteiger partial charge is 0.228 e. The van der Waals surface area contributed by atoms with Crippen molar-refractivity contribution in [2.45, 2.75) is 31.1 Å². The summed E-state index contributed by atoms with van der Waals surface area (Å²) in [6.07, 6.45) is 2.15. The van der Waals surface area contributed by atoms with Crippen molar-refractivity contribution in [1.82, 2.24) is 9.88 Å². The minimum atomic E-state index is -0.228. The molecule has 0 bridgehead atoms. The zero-order chi connectivity index (χ0) is 21.5. The number of hydrogen-bond acceptors (Lipinski definition) is 5. The van der Waals surface area contributed by atoms with Crippen molar-refractivity contribution < 1.29 is 9.18 Å². The molecule has 0 N–H and O–H groups in total. The first-order valence-corrected chi connectivity index (χ1v) is 11.9. The molecule has 4 nitrogen and oxygen atoms in total. The average Bonchev–Trinajstić information content (AvgIpc) is 3.12. The average molecular weight is 482 g/mol. The molecule has 1 amide bonds. The lowest BCUT2D eigenvalue weighted by molar-refractivity contribution is -0.118. The number of benzene rings is 2. The molecule has 0 atom stereocenters. The minimum absolute atomic E-state index is 0. The Balaban J connectivity index is 0.00000341. The molecule has 0 fully saturated rings. The number of aromatic nitrogens is 1. The van der Waals surface area contributed by atoms with E-state index in [9.17, 15) is 9.18 Å². The predicted octanol–water partition coefficient (Wildman–Crippen LogP) is 6.02. The van der Waals surface area contributed by atoms with Gasteiger partial charge in [-0.2, -0.15) is 0 Å². The molecule has 168 valence electrons. The van der Waals surface area contributed by atoms with E-state index in [1.165, 1.54) is 17.7 Å². The number of carbonyl (C=O) groups excluding carboxylic acids is 1. The Hall–Kier alpha value is -1.67. The number of amides is 1. The summed E-state index contributed by atoms with van der Waals surface area (Å²) in [5.74, 6) is 0.709. The first kappa shape index (κ1) is 25.6. The molecular weight excluding hydrogens is 453 g/mol. The van der Waals surface area contributed by atoms with Gasteiger partial charge < -0.3 is 4.90 Å². The molecule has 3 rings (SSSR count). The first-order valence-electron chi connectivity index (χ1n) is 10.1. The molecule has 8 heteroatoms. The molecule has 0 saturated carbocycles. The Kier molecular flexibility index (Phi) is 10.2. The summed E-state index contributed by atoms with van der Waals surface area (Å²) in [5, 5.41) is 0.783. The summed E-state index contributed by atoms with van der Waals surface area (Å²) < 4.78 is 14.1. The van der Waals surface area contributed by atoms with Gasteiger partial charge >= 0.3 is 0 Å². The third-order valence-electron chi connectivity index (χ3n) is 4.67. The SMILES string of the molecule is Cc1ccc2nc(N(CCCN(C)C)C(=O)CCCSc3ccc(F)cc3)sc2c1.Cl. The molecule has 3 aromatic rings. The van der Waals surface area contributed by atoms with Gasteiger partial charge in [-0.1, -0.05) is 17.4 Å². The number of thiazole rings is 1. The van der Waals surface area contributed by atoms with Crippen molar-refractivity contribution in [2.75, 3.05) is 37.8 Å². The summed E-state index contributed by atoms with van der Waals surface area (Å²) in [5.41, 5.74) is 2.14. The highest BCUT2D eigenvalue weighted by atomic mass is 35.5. The number of hydrogen-bond donors (Lipinski definition) is 0. The molecule has 0 saturated heterocycles. The largest absolute Gasteiger partial charge is 0.309 e. The number of anilines is 1. The van der Waals surface area contributed by atoms with Crippen molar-refractivity contribution >= 4 is 56.8 Å². The maximum Gasteiger partial charge on any atom is 0.228 e. The maximum absolute atomic E-state index is 13.0. The van der Waals surface area contributed by atoms with Crippen molar-refractivity contribution in [3.8, 4) is 0 Å². The van der Waals surface area contributed by atoms with E-state index in [1.807, 2.05) is 25.1 Å². The van der Waals surface area contributed by atoms with E-state index in [-0.39, 0.29) is 24.1 Å². The fourth-order valence-electron chi connectivity index (χ4n) is 3.09. The van der Waals surface area contributed by atoms with Crippen LogP contribution in [0.15, 0.2) is 47.4 Å². The molecule has 2 aromatic carbocycles. The Morgan fingerprint density at radius 2 is 1.84 bits per heavy atom. The summed E-state index contributed by atoms with van der Waals surface area (Å²) in [6, 6.07) is 12.7. The van der Waals surface area contributed by atoms with Gasteiger partial charge in [0.25, 0.3) is 0 Å². The van der Waals surface area contributed by atoms with Crippen LogP contribution >= 0.6 is 35.5 Å². The molecule has 31 heavy (non-hydrogen) atoms. The van der Waals surface area contributed by atoms with Crippen LogP contribution in [0.25, 0.3) is 10.2 Å². The predicted molar refractivity (Wildman–Crippen MR) is 133 cm³/mol. The van der Waals surface area contributed by atoms with Gasteiger partial charge in [0.1, 0.15) is 5.82 Å². The zero-order valence-corrected chi connectivity index (χ0v) is 20.6. The number of thioether (sulfide) groups is 1. The summed E-state index contributed by atoms with van der Waals surface area (Å²) in [4.78, 5) is 22.8. The standard InChI is InChI=1S/C23H28FN3OS2.ClH/c1-17-7-12-20-21(16-17)30-23(25-20)27(14-5-13-26(2)3)22(28)6-4-15-29-19-10-8-18(24)9-11-19;/h7-12,16H,4-6,13-15H2,1-3H3;1H. The third kappa shape index (κ3) is 7.75. The number of aryl methyl sites for hydroxylation is 1. The summed E-state index contributed by atoms with van der Waals surface area (Å²) in [7, 11) is 4.08. The number of carbonyl (C=O) groups is 1. The molecule has 0 aliphatic rings. The molecule has 1 aromatic heterocycles. The van der Waals surface area contributed by atoms with Crippen LogP contribution in [0.2, 0.25) is 0 Å². The lowest BCUT2D eigenvalue weighted by atomic mass is 10.2. The van der Waals surface area contributed by atoms with Crippen LogP contribution in [0.4, 0.5) is 9.52 Å². The summed E-state index contributed by atoms with van der Waals surface area (Å²) >= 11 is 3.23. The molecular formula is C23H29ClFN3OS2. The van der Waals surface area contributed by atoms with E-state index < -0.39 is 0 Å². The molecule has 0 spiro atoms. The second-order valence-corrected chi connectivity index (χ2v) is 9.75. The highest BCUT2D eigenvalue weighted by Crippen LogP contribution is 2.30. The Labute approximate surface area is 198 Å². The molecule has 0 radical (unpaired) electrons. The Morgan fingerprint density at radius 3 is 2.55 bits per heavy atom. The quantitative estimate of drug-likeness (QED) is 0.262. The van der Waals surface area contributed by atoms with Crippen LogP contribution in [0.5, 0.6) is 0 Å². The van der Waals surface area contributed by atoms with Gasteiger partial charge in [0, 0.05) is 17.9 Å². The zero-order valence-electron chi connectivity index (χ0n) is 18.1. The molecule has 0 aliphatic heterocycles. The van der Waals surface area contributed by atoms with Crippen LogP contribution < -0.4 is 4.90 Å². The number of nitrogens with zero attached hydrogens (tertiary/aromatic N) is 3. The molecule has 0 unspecified atom stereocenters. The van der Waals surface area contributed by atoms with Gasteiger partial charge in [-0.3, -0.25) is 9.69 Å². The monoisotopic (exact) mass is 481 g/mol. The second kappa shape index (κ2) is 12.4.